The fourth-order valence-electron chi connectivity index (χ4n) is 3.43. The van der Waals surface area contributed by atoms with E-state index in [0.29, 0.717) is 16.6 Å². The molecule has 158 valence electrons. The van der Waals surface area contributed by atoms with Crippen molar-refractivity contribution < 1.29 is 9.21 Å². The average Bonchev–Trinajstić information content (AvgIpc) is 3.33. The van der Waals surface area contributed by atoms with Crippen molar-refractivity contribution >= 4 is 22.6 Å². The molecule has 0 aliphatic heterocycles. The molecule has 8 heteroatoms. The number of amides is 1. The van der Waals surface area contributed by atoms with Crippen molar-refractivity contribution in [2.75, 3.05) is 5.32 Å². The Hall–Kier alpha value is -3.81. The number of para-hydroxylation sites is 1. The Morgan fingerprint density at radius 2 is 1.94 bits per heavy atom. The molecule has 1 amide bonds. The monoisotopic (exact) mass is 417 g/mol. The first kappa shape index (κ1) is 20.5. The third-order valence-electron chi connectivity index (χ3n) is 5.10. The van der Waals surface area contributed by atoms with Crippen molar-refractivity contribution in [1.82, 2.24) is 20.6 Å². The molecule has 0 saturated heterocycles. The van der Waals surface area contributed by atoms with Crippen molar-refractivity contribution in [3.8, 4) is 11.6 Å². The lowest BCUT2D eigenvalue weighted by molar-refractivity contribution is 0.102. The average molecular weight is 417 g/mol. The largest absolute Gasteiger partial charge is 0.450 e. The Kier molecular flexibility index (Phi) is 6.16. The highest BCUT2D eigenvalue weighted by Gasteiger charge is 2.15. The Balaban J connectivity index is 1.55. The number of benzene rings is 2. The van der Waals surface area contributed by atoms with E-state index >= 15 is 0 Å². The van der Waals surface area contributed by atoms with Crippen LogP contribution < -0.4 is 10.7 Å². The fourth-order valence-corrected chi connectivity index (χ4v) is 3.43. The molecule has 2 N–H and O–H groups in total. The third-order valence-corrected chi connectivity index (χ3v) is 5.10. The summed E-state index contributed by atoms with van der Waals surface area (Å²) in [6.45, 7) is 2.20. The van der Waals surface area contributed by atoms with Gasteiger partial charge in [0.2, 0.25) is 5.82 Å². The quantitative estimate of drug-likeness (QED) is 0.412. The van der Waals surface area contributed by atoms with Crippen molar-refractivity contribution in [1.29, 1.82) is 0 Å². The van der Waals surface area contributed by atoms with Gasteiger partial charge in [0, 0.05) is 11.6 Å². The number of unbranched alkanes of at least 4 members (excludes halogenated alkanes) is 3. The van der Waals surface area contributed by atoms with Gasteiger partial charge in [-0.05, 0) is 47.9 Å². The van der Waals surface area contributed by atoms with Gasteiger partial charge in [0.15, 0.2) is 16.8 Å². The summed E-state index contributed by atoms with van der Waals surface area (Å²) < 4.78 is 5.84. The number of rotatable bonds is 8. The van der Waals surface area contributed by atoms with Crippen molar-refractivity contribution in [3.05, 3.63) is 69.9 Å². The summed E-state index contributed by atoms with van der Waals surface area (Å²) in [5.41, 5.74) is 2.15. The van der Waals surface area contributed by atoms with Crippen LogP contribution in [0.2, 0.25) is 0 Å². The van der Waals surface area contributed by atoms with Crippen molar-refractivity contribution in [3.63, 3.8) is 0 Å². The Morgan fingerprint density at radius 1 is 1.10 bits per heavy atom. The first-order valence-electron chi connectivity index (χ1n) is 10.4. The van der Waals surface area contributed by atoms with E-state index in [1.165, 1.54) is 30.9 Å². The number of nitrogens with one attached hydrogen (secondary N) is 2. The molecule has 0 spiro atoms. The van der Waals surface area contributed by atoms with Gasteiger partial charge in [-0.25, -0.2) is 0 Å². The van der Waals surface area contributed by atoms with Crippen LogP contribution in [-0.2, 0) is 6.42 Å². The van der Waals surface area contributed by atoms with Gasteiger partial charge in [-0.1, -0.05) is 44.4 Å². The predicted octanol–water partition coefficient (Wildman–Crippen LogP) is 4.35. The second-order valence-corrected chi connectivity index (χ2v) is 7.35. The van der Waals surface area contributed by atoms with Gasteiger partial charge in [-0.3, -0.25) is 9.59 Å². The first-order chi connectivity index (χ1) is 15.2. The lowest BCUT2D eigenvalue weighted by Crippen LogP contribution is -2.13. The van der Waals surface area contributed by atoms with Crippen LogP contribution in [0.5, 0.6) is 0 Å². The second-order valence-electron chi connectivity index (χ2n) is 7.35. The second kappa shape index (κ2) is 9.34. The van der Waals surface area contributed by atoms with Gasteiger partial charge in [-0.2, -0.15) is 5.21 Å². The molecule has 4 aromatic rings. The SMILES string of the molecule is CCCCCCc1ccc(C(=O)Nc2cccc3c(=O)cc(-c4nn[nH]n4)oc23)cc1. The minimum atomic E-state index is -0.280. The molecule has 2 heterocycles. The third kappa shape index (κ3) is 4.69. The number of fused-ring (bicyclic) bond motifs is 1. The van der Waals surface area contributed by atoms with Crippen molar-refractivity contribution in [2.45, 2.75) is 39.0 Å². The van der Waals surface area contributed by atoms with Crippen LogP contribution >= 0.6 is 0 Å². The number of tetrazole rings is 1. The van der Waals surface area contributed by atoms with Crippen LogP contribution in [0, 0.1) is 0 Å². The zero-order chi connectivity index (χ0) is 21.6. The molecule has 2 aromatic heterocycles. The van der Waals surface area contributed by atoms with Gasteiger partial charge < -0.3 is 9.73 Å². The predicted molar refractivity (Wildman–Crippen MR) is 118 cm³/mol. The number of nitrogens with zero attached hydrogens (tertiary/aromatic N) is 3. The van der Waals surface area contributed by atoms with E-state index in [1.54, 1.807) is 18.2 Å². The Labute approximate surface area is 178 Å². The molecule has 31 heavy (non-hydrogen) atoms. The standard InChI is InChI=1S/C23H23N5O3/c1-2-3-4-5-7-15-10-12-16(13-11-15)23(30)24-18-9-6-8-17-19(29)14-20(31-21(17)18)22-25-27-28-26-22/h6,8-14H,2-5,7H2,1H3,(H,24,30)(H,25,26,27,28). The lowest BCUT2D eigenvalue weighted by Gasteiger charge is -2.09. The number of aryl methyl sites for hydroxylation is 1. The summed E-state index contributed by atoms with van der Waals surface area (Å²) in [5.74, 6) is 0.0488. The molecular weight excluding hydrogens is 394 g/mol. The van der Waals surface area contributed by atoms with E-state index in [1.807, 2.05) is 24.3 Å². The highest BCUT2D eigenvalue weighted by molar-refractivity contribution is 6.08. The minimum Gasteiger partial charge on any atom is -0.450 e. The van der Waals surface area contributed by atoms with Crippen molar-refractivity contribution in [2.24, 2.45) is 0 Å². The lowest BCUT2D eigenvalue weighted by atomic mass is 10.0. The number of aromatic nitrogens is 4. The summed E-state index contributed by atoms with van der Waals surface area (Å²) in [7, 11) is 0. The summed E-state index contributed by atoms with van der Waals surface area (Å²) >= 11 is 0. The summed E-state index contributed by atoms with van der Waals surface area (Å²) in [4.78, 5) is 25.3. The molecule has 0 unspecified atom stereocenters. The maximum atomic E-state index is 12.8. The molecule has 0 saturated carbocycles. The Morgan fingerprint density at radius 3 is 2.68 bits per heavy atom. The molecule has 4 rings (SSSR count). The number of carbonyl (C=O) groups is 1. The summed E-state index contributed by atoms with van der Waals surface area (Å²) in [6, 6.07) is 13.9. The van der Waals surface area contributed by atoms with E-state index in [2.05, 4.69) is 32.9 Å². The number of anilines is 1. The molecule has 0 aliphatic rings. The summed E-state index contributed by atoms with van der Waals surface area (Å²) in [6.07, 6.45) is 5.84. The van der Waals surface area contributed by atoms with E-state index in [-0.39, 0.29) is 28.5 Å². The van der Waals surface area contributed by atoms with Crippen LogP contribution in [-0.4, -0.2) is 26.5 Å². The highest BCUT2D eigenvalue weighted by atomic mass is 16.3. The van der Waals surface area contributed by atoms with Crippen LogP contribution in [0.3, 0.4) is 0 Å². The molecule has 0 fully saturated rings. The highest BCUT2D eigenvalue weighted by Crippen LogP contribution is 2.25. The smallest absolute Gasteiger partial charge is 0.255 e. The zero-order valence-corrected chi connectivity index (χ0v) is 17.2. The molecule has 0 atom stereocenters. The van der Waals surface area contributed by atoms with E-state index in [0.717, 1.165) is 12.8 Å². The number of hydrogen-bond acceptors (Lipinski definition) is 6. The van der Waals surface area contributed by atoms with Crippen LogP contribution in [0.1, 0.15) is 48.5 Å². The maximum absolute atomic E-state index is 12.8. The minimum absolute atomic E-state index is 0.162. The van der Waals surface area contributed by atoms with Gasteiger partial charge in [0.05, 0.1) is 11.1 Å². The van der Waals surface area contributed by atoms with E-state index in [9.17, 15) is 9.59 Å². The van der Waals surface area contributed by atoms with Crippen LogP contribution in [0.4, 0.5) is 5.69 Å². The van der Waals surface area contributed by atoms with E-state index < -0.39 is 0 Å². The first-order valence-corrected chi connectivity index (χ1v) is 10.4. The topological polar surface area (TPSA) is 114 Å². The number of carbonyl (C=O) groups excluding carboxylic acids is 1. The van der Waals surface area contributed by atoms with Gasteiger partial charge in [0.25, 0.3) is 5.91 Å². The molecule has 2 aromatic carbocycles. The number of aromatic amines is 1. The molecule has 0 bridgehead atoms. The fraction of sp³-hybridized carbons (Fsp3) is 0.261. The van der Waals surface area contributed by atoms with Gasteiger partial charge in [0.1, 0.15) is 0 Å². The maximum Gasteiger partial charge on any atom is 0.255 e. The zero-order valence-electron chi connectivity index (χ0n) is 17.2. The molecule has 8 nitrogen and oxygen atoms in total. The Bertz CT molecular complexity index is 1230. The van der Waals surface area contributed by atoms with Crippen LogP contribution in [0.25, 0.3) is 22.6 Å². The normalized spacial score (nSPS) is 11.0. The molecule has 0 radical (unpaired) electrons. The van der Waals surface area contributed by atoms with Gasteiger partial charge >= 0.3 is 0 Å². The van der Waals surface area contributed by atoms with Crippen LogP contribution in [0.15, 0.2) is 57.7 Å². The molecular formula is C23H23N5O3. The van der Waals surface area contributed by atoms with Gasteiger partial charge in [-0.15, -0.1) is 10.2 Å². The molecule has 0 aliphatic carbocycles. The number of H-pyrrole nitrogens is 1. The number of hydrogen-bond donors (Lipinski definition) is 2. The summed E-state index contributed by atoms with van der Waals surface area (Å²) in [5, 5.41) is 16.7. The van der Waals surface area contributed by atoms with E-state index in [4.69, 9.17) is 4.42 Å².